The molecule has 3 nitrogen and oxygen atoms in total. The molecule has 0 aromatic heterocycles. The summed E-state index contributed by atoms with van der Waals surface area (Å²) in [4.78, 5) is 13.6. The van der Waals surface area contributed by atoms with E-state index in [2.05, 4.69) is 5.32 Å². The summed E-state index contributed by atoms with van der Waals surface area (Å²) >= 11 is 0. The van der Waals surface area contributed by atoms with Gasteiger partial charge in [-0.2, -0.15) is 0 Å². The van der Waals surface area contributed by atoms with Crippen LogP contribution in [0.25, 0.3) is 0 Å². The summed E-state index contributed by atoms with van der Waals surface area (Å²) in [5, 5.41) is 2.86. The summed E-state index contributed by atoms with van der Waals surface area (Å²) in [7, 11) is 3.95. The number of hydrogen-bond acceptors (Lipinski definition) is 2. The summed E-state index contributed by atoms with van der Waals surface area (Å²) in [6.45, 7) is 2.03. The van der Waals surface area contributed by atoms with Gasteiger partial charge < -0.3 is 10.2 Å². The number of para-hydroxylation sites is 1. The van der Waals surface area contributed by atoms with Gasteiger partial charge in [0.1, 0.15) is 0 Å². The molecule has 0 aliphatic heterocycles. The third-order valence-corrected chi connectivity index (χ3v) is 2.42. The van der Waals surface area contributed by atoms with Gasteiger partial charge in [-0.25, -0.2) is 0 Å². The van der Waals surface area contributed by atoms with Gasteiger partial charge in [-0.3, -0.25) is 4.79 Å². The number of carbonyl (C=O) groups is 1. The van der Waals surface area contributed by atoms with Crippen LogP contribution in [0.2, 0.25) is 0 Å². The molecule has 82 valence electrons. The van der Waals surface area contributed by atoms with E-state index >= 15 is 0 Å². The van der Waals surface area contributed by atoms with E-state index in [0.29, 0.717) is 6.42 Å². The van der Waals surface area contributed by atoms with Crippen molar-refractivity contribution in [1.82, 2.24) is 4.90 Å². The molecule has 0 radical (unpaired) electrons. The molecule has 3 heteroatoms. The van der Waals surface area contributed by atoms with Crippen LogP contribution in [-0.4, -0.2) is 30.9 Å². The van der Waals surface area contributed by atoms with Gasteiger partial charge in [0.2, 0.25) is 5.91 Å². The third-order valence-electron chi connectivity index (χ3n) is 2.42. The molecule has 1 atom stereocenters. The van der Waals surface area contributed by atoms with Gasteiger partial charge in [0.25, 0.3) is 0 Å². The minimum Gasteiger partial charge on any atom is -0.326 e. The van der Waals surface area contributed by atoms with E-state index in [1.165, 1.54) is 0 Å². The van der Waals surface area contributed by atoms with Crippen LogP contribution >= 0.6 is 0 Å². The SMILES string of the molecule is CC(CC(=O)Nc1ccccc1)N(C)C. The largest absolute Gasteiger partial charge is 0.326 e. The number of carbonyl (C=O) groups excluding carboxylic acids is 1. The molecule has 0 spiro atoms. The van der Waals surface area contributed by atoms with Crippen LogP contribution in [0.5, 0.6) is 0 Å². The average molecular weight is 206 g/mol. The van der Waals surface area contributed by atoms with Crippen molar-refractivity contribution in [2.45, 2.75) is 19.4 Å². The lowest BCUT2D eigenvalue weighted by atomic mass is 10.2. The van der Waals surface area contributed by atoms with Crippen molar-refractivity contribution in [3.63, 3.8) is 0 Å². The van der Waals surface area contributed by atoms with Crippen LogP contribution in [0.4, 0.5) is 5.69 Å². The molecule has 1 N–H and O–H groups in total. The first-order valence-corrected chi connectivity index (χ1v) is 5.11. The number of amides is 1. The lowest BCUT2D eigenvalue weighted by molar-refractivity contribution is -0.117. The molecule has 1 rings (SSSR count). The van der Waals surface area contributed by atoms with Crippen LogP contribution in [0, 0.1) is 0 Å². The topological polar surface area (TPSA) is 32.3 Å². The van der Waals surface area contributed by atoms with Crippen molar-refractivity contribution in [3.8, 4) is 0 Å². The molecule has 0 saturated heterocycles. The molecule has 0 aliphatic rings. The number of hydrogen-bond donors (Lipinski definition) is 1. The first-order chi connectivity index (χ1) is 7.09. The second kappa shape index (κ2) is 5.51. The zero-order valence-electron chi connectivity index (χ0n) is 9.53. The Hall–Kier alpha value is -1.35. The third kappa shape index (κ3) is 4.13. The summed E-state index contributed by atoms with van der Waals surface area (Å²) in [6, 6.07) is 9.78. The molecule has 0 heterocycles. The van der Waals surface area contributed by atoms with Crippen LogP contribution in [-0.2, 0) is 4.79 Å². The maximum absolute atomic E-state index is 11.6. The molecule has 0 bridgehead atoms. The number of rotatable bonds is 4. The first-order valence-electron chi connectivity index (χ1n) is 5.11. The Morgan fingerprint density at radius 2 is 1.93 bits per heavy atom. The molecule has 15 heavy (non-hydrogen) atoms. The minimum atomic E-state index is 0.0578. The zero-order valence-corrected chi connectivity index (χ0v) is 9.53. The van der Waals surface area contributed by atoms with Gasteiger partial charge in [0.05, 0.1) is 0 Å². The van der Waals surface area contributed by atoms with Crippen molar-refractivity contribution >= 4 is 11.6 Å². The molecular formula is C12H18N2O. The Labute approximate surface area is 91.1 Å². The predicted octanol–water partition coefficient (Wildman–Crippen LogP) is 1.97. The maximum atomic E-state index is 11.6. The number of nitrogens with one attached hydrogen (secondary N) is 1. The van der Waals surface area contributed by atoms with Crippen molar-refractivity contribution in [1.29, 1.82) is 0 Å². The van der Waals surface area contributed by atoms with Crippen molar-refractivity contribution < 1.29 is 4.79 Å². The predicted molar refractivity (Wildman–Crippen MR) is 62.8 cm³/mol. The van der Waals surface area contributed by atoms with E-state index in [-0.39, 0.29) is 11.9 Å². The summed E-state index contributed by atoms with van der Waals surface area (Å²) in [5.41, 5.74) is 0.855. The molecule has 1 aromatic rings. The lowest BCUT2D eigenvalue weighted by Crippen LogP contribution is -2.29. The van der Waals surface area contributed by atoms with Crippen LogP contribution in [0.1, 0.15) is 13.3 Å². The van der Waals surface area contributed by atoms with E-state index in [4.69, 9.17) is 0 Å². The summed E-state index contributed by atoms with van der Waals surface area (Å²) in [6.07, 6.45) is 0.516. The zero-order chi connectivity index (χ0) is 11.3. The fraction of sp³-hybridized carbons (Fsp3) is 0.417. The number of nitrogens with zero attached hydrogens (tertiary/aromatic N) is 1. The van der Waals surface area contributed by atoms with Gasteiger partial charge >= 0.3 is 0 Å². The standard InChI is InChI=1S/C12H18N2O/c1-10(14(2)3)9-12(15)13-11-7-5-4-6-8-11/h4-8,10H,9H2,1-3H3,(H,13,15). The van der Waals surface area contributed by atoms with Crippen LogP contribution < -0.4 is 5.32 Å². The van der Waals surface area contributed by atoms with Gasteiger partial charge in [-0.1, -0.05) is 18.2 Å². The molecule has 0 fully saturated rings. The molecule has 0 aliphatic carbocycles. The highest BCUT2D eigenvalue weighted by Gasteiger charge is 2.10. The van der Waals surface area contributed by atoms with Crippen molar-refractivity contribution in [3.05, 3.63) is 30.3 Å². The number of anilines is 1. The highest BCUT2D eigenvalue weighted by Crippen LogP contribution is 2.07. The van der Waals surface area contributed by atoms with Gasteiger partial charge in [0.15, 0.2) is 0 Å². The minimum absolute atomic E-state index is 0.0578. The normalized spacial score (nSPS) is 12.5. The van der Waals surface area contributed by atoms with Crippen LogP contribution in [0.15, 0.2) is 30.3 Å². The highest BCUT2D eigenvalue weighted by molar-refractivity contribution is 5.90. The second-order valence-corrected chi connectivity index (χ2v) is 3.93. The highest BCUT2D eigenvalue weighted by atomic mass is 16.1. The van der Waals surface area contributed by atoms with E-state index in [1.807, 2.05) is 56.3 Å². The maximum Gasteiger partial charge on any atom is 0.225 e. The van der Waals surface area contributed by atoms with E-state index in [0.717, 1.165) is 5.69 Å². The molecular weight excluding hydrogens is 188 g/mol. The van der Waals surface area contributed by atoms with Crippen molar-refractivity contribution in [2.75, 3.05) is 19.4 Å². The quantitative estimate of drug-likeness (QED) is 0.816. The molecule has 1 unspecified atom stereocenters. The van der Waals surface area contributed by atoms with Gasteiger partial charge in [-0.05, 0) is 33.2 Å². The monoisotopic (exact) mass is 206 g/mol. The molecule has 1 aromatic carbocycles. The Kier molecular flexibility index (Phi) is 4.31. The lowest BCUT2D eigenvalue weighted by Gasteiger charge is -2.18. The number of benzene rings is 1. The Morgan fingerprint density at radius 3 is 2.47 bits per heavy atom. The smallest absolute Gasteiger partial charge is 0.225 e. The fourth-order valence-electron chi connectivity index (χ4n) is 1.18. The van der Waals surface area contributed by atoms with Crippen LogP contribution in [0.3, 0.4) is 0 Å². The summed E-state index contributed by atoms with van der Waals surface area (Å²) < 4.78 is 0. The van der Waals surface area contributed by atoms with E-state index in [1.54, 1.807) is 0 Å². The molecule has 0 saturated carbocycles. The average Bonchev–Trinajstić information content (AvgIpc) is 2.18. The van der Waals surface area contributed by atoms with Gasteiger partial charge in [-0.15, -0.1) is 0 Å². The van der Waals surface area contributed by atoms with Gasteiger partial charge in [0, 0.05) is 18.2 Å². The van der Waals surface area contributed by atoms with E-state index < -0.39 is 0 Å². The van der Waals surface area contributed by atoms with Crippen molar-refractivity contribution in [2.24, 2.45) is 0 Å². The Morgan fingerprint density at radius 1 is 1.33 bits per heavy atom. The first kappa shape index (κ1) is 11.7. The van der Waals surface area contributed by atoms with E-state index in [9.17, 15) is 4.79 Å². The Bertz CT molecular complexity index is 309. The second-order valence-electron chi connectivity index (χ2n) is 3.93. The molecule has 1 amide bonds. The fourth-order valence-corrected chi connectivity index (χ4v) is 1.18. The Balaban J connectivity index is 2.43. The summed E-state index contributed by atoms with van der Waals surface area (Å²) in [5.74, 6) is 0.0578.